The van der Waals surface area contributed by atoms with Crippen LogP contribution in [0.25, 0.3) is 0 Å². The molecular weight excluding hydrogens is 192 g/mol. The van der Waals surface area contributed by atoms with Crippen LogP contribution in [0.4, 0.5) is 5.82 Å². The third kappa shape index (κ3) is 2.01. The first-order valence-corrected chi connectivity index (χ1v) is 4.49. The molecule has 0 fully saturated rings. The van der Waals surface area contributed by atoms with Crippen LogP contribution in [0.1, 0.15) is 15.9 Å². The van der Waals surface area contributed by atoms with Crippen LogP contribution >= 0.6 is 0 Å². The Kier molecular flexibility index (Phi) is 2.45. The minimum atomic E-state index is -0.217. The second-order valence-electron chi connectivity index (χ2n) is 3.11. The zero-order valence-corrected chi connectivity index (χ0v) is 8.19. The monoisotopic (exact) mass is 202 g/mol. The average Bonchev–Trinajstić information content (AvgIpc) is 2.74. The van der Waals surface area contributed by atoms with Crippen molar-refractivity contribution in [2.24, 2.45) is 0 Å². The number of H-pyrrole nitrogens is 1. The van der Waals surface area contributed by atoms with Gasteiger partial charge in [-0.1, -0.05) is 6.07 Å². The second kappa shape index (κ2) is 3.91. The largest absolute Gasteiger partial charge is 0.306 e. The van der Waals surface area contributed by atoms with Crippen molar-refractivity contribution in [2.75, 3.05) is 5.32 Å². The summed E-state index contributed by atoms with van der Waals surface area (Å²) >= 11 is 0. The molecular formula is C10H10N4O. The van der Waals surface area contributed by atoms with Crippen LogP contribution in [0, 0.1) is 6.92 Å². The van der Waals surface area contributed by atoms with E-state index in [4.69, 9.17) is 0 Å². The van der Waals surface area contributed by atoms with E-state index < -0.39 is 0 Å². The highest BCUT2D eigenvalue weighted by molar-refractivity contribution is 6.03. The Morgan fingerprint density at radius 3 is 3.07 bits per heavy atom. The Bertz CT molecular complexity index is 464. The normalized spacial score (nSPS) is 9.93. The summed E-state index contributed by atoms with van der Waals surface area (Å²) in [6.45, 7) is 1.89. The van der Waals surface area contributed by atoms with Crippen molar-refractivity contribution in [3.05, 3.63) is 41.9 Å². The standard InChI is InChI=1S/C10H10N4O/c1-7-3-2-4-11-9(7)14-10(15)8-5-12-13-6-8/h2-6H,1H3,(H,12,13)(H,11,14,15). The number of aromatic amines is 1. The van der Waals surface area contributed by atoms with Crippen molar-refractivity contribution in [2.45, 2.75) is 6.92 Å². The molecule has 5 heteroatoms. The van der Waals surface area contributed by atoms with Gasteiger partial charge in [-0.2, -0.15) is 5.10 Å². The minimum absolute atomic E-state index is 0.217. The van der Waals surface area contributed by atoms with E-state index in [-0.39, 0.29) is 5.91 Å². The van der Waals surface area contributed by atoms with Gasteiger partial charge in [0.15, 0.2) is 0 Å². The summed E-state index contributed by atoms with van der Waals surface area (Å²) in [6.07, 6.45) is 4.64. The fourth-order valence-electron chi connectivity index (χ4n) is 1.17. The maximum atomic E-state index is 11.6. The Morgan fingerprint density at radius 2 is 2.40 bits per heavy atom. The van der Waals surface area contributed by atoms with E-state index >= 15 is 0 Å². The lowest BCUT2D eigenvalue weighted by atomic mass is 10.2. The quantitative estimate of drug-likeness (QED) is 0.772. The van der Waals surface area contributed by atoms with Crippen molar-refractivity contribution >= 4 is 11.7 Å². The van der Waals surface area contributed by atoms with Crippen LogP contribution < -0.4 is 5.32 Å². The van der Waals surface area contributed by atoms with E-state index in [1.165, 1.54) is 12.4 Å². The van der Waals surface area contributed by atoms with Gasteiger partial charge in [-0.3, -0.25) is 9.89 Å². The third-order valence-electron chi connectivity index (χ3n) is 2.00. The van der Waals surface area contributed by atoms with Crippen molar-refractivity contribution < 1.29 is 4.79 Å². The molecule has 2 heterocycles. The lowest BCUT2D eigenvalue weighted by molar-refractivity contribution is 0.102. The van der Waals surface area contributed by atoms with Crippen LogP contribution in [0.15, 0.2) is 30.7 Å². The zero-order valence-electron chi connectivity index (χ0n) is 8.19. The molecule has 0 aliphatic carbocycles. The number of carbonyl (C=O) groups excluding carboxylic acids is 1. The molecule has 0 aliphatic rings. The van der Waals surface area contributed by atoms with E-state index in [0.717, 1.165) is 5.56 Å². The van der Waals surface area contributed by atoms with Crippen LogP contribution in [0.2, 0.25) is 0 Å². The summed E-state index contributed by atoms with van der Waals surface area (Å²) in [4.78, 5) is 15.7. The molecule has 0 radical (unpaired) electrons. The fourth-order valence-corrected chi connectivity index (χ4v) is 1.17. The molecule has 0 aromatic carbocycles. The Hall–Kier alpha value is -2.17. The van der Waals surface area contributed by atoms with E-state index in [1.54, 1.807) is 6.20 Å². The highest BCUT2D eigenvalue weighted by Gasteiger charge is 2.08. The first kappa shape index (κ1) is 9.39. The smallest absolute Gasteiger partial charge is 0.260 e. The lowest BCUT2D eigenvalue weighted by Crippen LogP contribution is -2.12. The fraction of sp³-hybridized carbons (Fsp3) is 0.100. The molecule has 5 nitrogen and oxygen atoms in total. The van der Waals surface area contributed by atoms with E-state index in [0.29, 0.717) is 11.4 Å². The molecule has 0 unspecified atom stereocenters. The summed E-state index contributed by atoms with van der Waals surface area (Å²) in [7, 11) is 0. The molecule has 0 bridgehead atoms. The van der Waals surface area contributed by atoms with Crippen molar-refractivity contribution in [1.29, 1.82) is 0 Å². The summed E-state index contributed by atoms with van der Waals surface area (Å²) < 4.78 is 0. The first-order valence-electron chi connectivity index (χ1n) is 4.49. The number of rotatable bonds is 2. The zero-order chi connectivity index (χ0) is 10.7. The number of hydrogen-bond acceptors (Lipinski definition) is 3. The van der Waals surface area contributed by atoms with Gasteiger partial charge >= 0.3 is 0 Å². The van der Waals surface area contributed by atoms with Gasteiger partial charge in [-0.05, 0) is 18.6 Å². The molecule has 76 valence electrons. The average molecular weight is 202 g/mol. The molecule has 2 aromatic heterocycles. The SMILES string of the molecule is Cc1cccnc1NC(=O)c1cn[nH]c1. The van der Waals surface area contributed by atoms with E-state index in [2.05, 4.69) is 20.5 Å². The number of hydrogen-bond donors (Lipinski definition) is 2. The van der Waals surface area contributed by atoms with Gasteiger partial charge in [-0.25, -0.2) is 4.98 Å². The minimum Gasteiger partial charge on any atom is -0.306 e. The summed E-state index contributed by atoms with van der Waals surface area (Å²) in [6, 6.07) is 3.71. The molecule has 0 saturated carbocycles. The van der Waals surface area contributed by atoms with Crippen molar-refractivity contribution in [1.82, 2.24) is 15.2 Å². The predicted molar refractivity (Wildman–Crippen MR) is 55.5 cm³/mol. The van der Waals surface area contributed by atoms with Gasteiger partial charge < -0.3 is 5.32 Å². The first-order chi connectivity index (χ1) is 7.27. The molecule has 0 saturated heterocycles. The highest BCUT2D eigenvalue weighted by atomic mass is 16.1. The van der Waals surface area contributed by atoms with E-state index in [1.807, 2.05) is 19.1 Å². The number of carbonyl (C=O) groups is 1. The Morgan fingerprint density at radius 1 is 1.53 bits per heavy atom. The molecule has 0 spiro atoms. The Balaban J connectivity index is 2.17. The summed E-state index contributed by atoms with van der Waals surface area (Å²) in [5.74, 6) is 0.356. The number of nitrogens with one attached hydrogen (secondary N) is 2. The molecule has 2 rings (SSSR count). The third-order valence-corrected chi connectivity index (χ3v) is 2.00. The number of pyridine rings is 1. The molecule has 0 atom stereocenters. The van der Waals surface area contributed by atoms with Crippen LogP contribution in [0.3, 0.4) is 0 Å². The molecule has 2 aromatic rings. The van der Waals surface area contributed by atoms with E-state index in [9.17, 15) is 4.79 Å². The van der Waals surface area contributed by atoms with Gasteiger partial charge in [0.2, 0.25) is 0 Å². The van der Waals surface area contributed by atoms with Gasteiger partial charge in [0.25, 0.3) is 5.91 Å². The Labute approximate surface area is 86.5 Å². The van der Waals surface area contributed by atoms with Crippen molar-refractivity contribution in [3.63, 3.8) is 0 Å². The number of aryl methyl sites for hydroxylation is 1. The summed E-state index contributed by atoms with van der Waals surface area (Å²) in [5.41, 5.74) is 1.41. The van der Waals surface area contributed by atoms with Crippen LogP contribution in [0.5, 0.6) is 0 Å². The van der Waals surface area contributed by atoms with Gasteiger partial charge in [0, 0.05) is 12.4 Å². The molecule has 2 N–H and O–H groups in total. The van der Waals surface area contributed by atoms with Crippen LogP contribution in [-0.2, 0) is 0 Å². The van der Waals surface area contributed by atoms with Gasteiger partial charge in [0.1, 0.15) is 5.82 Å². The maximum absolute atomic E-state index is 11.6. The number of amides is 1. The van der Waals surface area contributed by atoms with Gasteiger partial charge in [-0.15, -0.1) is 0 Å². The lowest BCUT2D eigenvalue weighted by Gasteiger charge is -2.04. The molecule has 15 heavy (non-hydrogen) atoms. The predicted octanol–water partition coefficient (Wildman–Crippen LogP) is 1.37. The highest BCUT2D eigenvalue weighted by Crippen LogP contribution is 2.10. The van der Waals surface area contributed by atoms with Gasteiger partial charge in [0.05, 0.1) is 11.8 Å². The van der Waals surface area contributed by atoms with Crippen LogP contribution in [-0.4, -0.2) is 21.1 Å². The molecule has 1 amide bonds. The van der Waals surface area contributed by atoms with Crippen molar-refractivity contribution in [3.8, 4) is 0 Å². The number of aromatic nitrogens is 3. The number of anilines is 1. The number of nitrogens with zero attached hydrogens (tertiary/aromatic N) is 2. The second-order valence-corrected chi connectivity index (χ2v) is 3.11. The maximum Gasteiger partial charge on any atom is 0.260 e. The topological polar surface area (TPSA) is 70.7 Å². The molecule has 0 aliphatic heterocycles. The summed E-state index contributed by atoms with van der Waals surface area (Å²) in [5, 5.41) is 8.98.